The van der Waals surface area contributed by atoms with Crippen molar-refractivity contribution in [1.82, 2.24) is 9.88 Å². The first-order chi connectivity index (χ1) is 8.75. The molecule has 18 heavy (non-hydrogen) atoms. The van der Waals surface area contributed by atoms with E-state index in [0.717, 1.165) is 0 Å². The van der Waals surface area contributed by atoms with Gasteiger partial charge >= 0.3 is 0 Å². The Labute approximate surface area is 110 Å². The Morgan fingerprint density at radius 2 is 1.94 bits per heavy atom. The molecule has 1 aromatic rings. The van der Waals surface area contributed by atoms with E-state index in [4.69, 9.17) is 4.98 Å². The van der Waals surface area contributed by atoms with E-state index in [-0.39, 0.29) is 0 Å². The lowest BCUT2D eigenvalue weighted by Gasteiger charge is -2.23. The molecule has 0 radical (unpaired) electrons. The fourth-order valence-electron chi connectivity index (χ4n) is 3.32. The van der Waals surface area contributed by atoms with Crippen molar-refractivity contribution >= 4 is 5.82 Å². The SMILES string of the molecule is Cc1cc(N2CCCC2)ncc1C1CCCN1C. The van der Waals surface area contributed by atoms with Crippen molar-refractivity contribution in [2.75, 3.05) is 31.6 Å². The maximum atomic E-state index is 4.70. The summed E-state index contributed by atoms with van der Waals surface area (Å²) in [5, 5.41) is 0. The molecule has 0 aliphatic carbocycles. The van der Waals surface area contributed by atoms with Crippen LogP contribution in [0.4, 0.5) is 5.82 Å². The topological polar surface area (TPSA) is 19.4 Å². The number of hydrogen-bond acceptors (Lipinski definition) is 3. The van der Waals surface area contributed by atoms with Gasteiger partial charge in [0.1, 0.15) is 5.82 Å². The molecule has 98 valence electrons. The highest BCUT2D eigenvalue weighted by Gasteiger charge is 2.24. The predicted octanol–water partition coefficient (Wildman–Crippen LogP) is 2.76. The predicted molar refractivity (Wildman–Crippen MR) is 75.0 cm³/mol. The molecule has 2 aliphatic heterocycles. The van der Waals surface area contributed by atoms with Crippen LogP contribution in [-0.2, 0) is 0 Å². The summed E-state index contributed by atoms with van der Waals surface area (Å²) >= 11 is 0. The summed E-state index contributed by atoms with van der Waals surface area (Å²) in [5.41, 5.74) is 2.84. The van der Waals surface area contributed by atoms with E-state index in [1.165, 1.54) is 62.3 Å². The first-order valence-electron chi connectivity index (χ1n) is 7.17. The maximum absolute atomic E-state index is 4.70. The fraction of sp³-hybridized carbons (Fsp3) is 0.667. The van der Waals surface area contributed by atoms with Gasteiger partial charge in [0, 0.05) is 25.3 Å². The lowest BCUT2D eigenvalue weighted by atomic mass is 10.0. The summed E-state index contributed by atoms with van der Waals surface area (Å²) in [5.74, 6) is 1.18. The Balaban J connectivity index is 1.84. The molecular weight excluding hydrogens is 222 g/mol. The molecule has 3 nitrogen and oxygen atoms in total. The highest BCUT2D eigenvalue weighted by Crippen LogP contribution is 2.33. The molecule has 3 rings (SSSR count). The quantitative estimate of drug-likeness (QED) is 0.798. The molecule has 0 N–H and O–H groups in total. The van der Waals surface area contributed by atoms with E-state index in [0.29, 0.717) is 6.04 Å². The molecule has 3 heterocycles. The first kappa shape index (κ1) is 12.0. The van der Waals surface area contributed by atoms with Crippen LogP contribution in [0, 0.1) is 6.92 Å². The molecule has 2 saturated heterocycles. The third-order valence-electron chi connectivity index (χ3n) is 4.45. The van der Waals surface area contributed by atoms with Gasteiger partial charge < -0.3 is 4.90 Å². The van der Waals surface area contributed by atoms with Crippen molar-refractivity contribution in [2.24, 2.45) is 0 Å². The Bertz CT molecular complexity index is 424. The zero-order valence-electron chi connectivity index (χ0n) is 11.5. The second kappa shape index (κ2) is 4.88. The molecule has 1 atom stereocenters. The van der Waals surface area contributed by atoms with Crippen LogP contribution in [0.3, 0.4) is 0 Å². The van der Waals surface area contributed by atoms with Crippen molar-refractivity contribution in [2.45, 2.75) is 38.6 Å². The minimum atomic E-state index is 0.588. The number of hydrogen-bond donors (Lipinski definition) is 0. The Hall–Kier alpha value is -1.09. The van der Waals surface area contributed by atoms with Gasteiger partial charge in [-0.25, -0.2) is 4.98 Å². The number of aromatic nitrogens is 1. The van der Waals surface area contributed by atoms with Gasteiger partial charge in [-0.3, -0.25) is 4.90 Å². The van der Waals surface area contributed by atoms with E-state index in [9.17, 15) is 0 Å². The van der Waals surface area contributed by atoms with Gasteiger partial charge in [-0.05, 0) is 63.4 Å². The third-order valence-corrected chi connectivity index (χ3v) is 4.45. The minimum Gasteiger partial charge on any atom is -0.357 e. The Morgan fingerprint density at radius 1 is 1.17 bits per heavy atom. The van der Waals surface area contributed by atoms with Crippen LogP contribution in [-0.4, -0.2) is 36.6 Å². The average Bonchev–Trinajstić information content (AvgIpc) is 3.00. The monoisotopic (exact) mass is 245 g/mol. The van der Waals surface area contributed by atoms with Crippen molar-refractivity contribution in [3.05, 3.63) is 23.4 Å². The Kier molecular flexibility index (Phi) is 3.25. The minimum absolute atomic E-state index is 0.588. The summed E-state index contributed by atoms with van der Waals surface area (Å²) < 4.78 is 0. The molecular formula is C15H23N3. The van der Waals surface area contributed by atoms with Gasteiger partial charge in [0.15, 0.2) is 0 Å². The summed E-state index contributed by atoms with van der Waals surface area (Å²) in [7, 11) is 2.23. The van der Waals surface area contributed by atoms with Crippen molar-refractivity contribution in [3.8, 4) is 0 Å². The van der Waals surface area contributed by atoms with Crippen molar-refractivity contribution in [3.63, 3.8) is 0 Å². The van der Waals surface area contributed by atoms with E-state index in [1.54, 1.807) is 0 Å². The molecule has 0 spiro atoms. The second-order valence-electron chi connectivity index (χ2n) is 5.73. The molecule has 1 aromatic heterocycles. The first-order valence-corrected chi connectivity index (χ1v) is 7.17. The normalized spacial score (nSPS) is 25.0. The van der Waals surface area contributed by atoms with Gasteiger partial charge in [-0.1, -0.05) is 0 Å². The fourth-order valence-corrected chi connectivity index (χ4v) is 3.32. The molecule has 2 aliphatic rings. The number of nitrogens with zero attached hydrogens (tertiary/aromatic N) is 3. The number of aryl methyl sites for hydroxylation is 1. The van der Waals surface area contributed by atoms with Crippen LogP contribution >= 0.6 is 0 Å². The van der Waals surface area contributed by atoms with E-state index >= 15 is 0 Å². The van der Waals surface area contributed by atoms with Crippen LogP contribution in [0.25, 0.3) is 0 Å². The van der Waals surface area contributed by atoms with Gasteiger partial charge in [-0.2, -0.15) is 0 Å². The Morgan fingerprint density at radius 3 is 2.56 bits per heavy atom. The highest BCUT2D eigenvalue weighted by atomic mass is 15.2. The van der Waals surface area contributed by atoms with E-state index in [1.807, 2.05) is 0 Å². The van der Waals surface area contributed by atoms with Crippen LogP contribution in [0.5, 0.6) is 0 Å². The molecule has 3 heteroatoms. The van der Waals surface area contributed by atoms with Crippen LogP contribution in [0.2, 0.25) is 0 Å². The van der Waals surface area contributed by atoms with Crippen LogP contribution < -0.4 is 4.90 Å². The molecule has 0 aromatic carbocycles. The average molecular weight is 245 g/mol. The highest BCUT2D eigenvalue weighted by molar-refractivity contribution is 5.45. The lowest BCUT2D eigenvalue weighted by molar-refractivity contribution is 0.316. The standard InChI is InChI=1S/C15H23N3/c1-12-10-15(18-8-3-4-9-18)16-11-13(12)14-6-5-7-17(14)2/h10-11,14H,3-9H2,1-2H3. The number of anilines is 1. The third kappa shape index (κ3) is 2.12. The molecule has 0 amide bonds. The summed E-state index contributed by atoms with van der Waals surface area (Å²) in [6, 6.07) is 2.87. The summed E-state index contributed by atoms with van der Waals surface area (Å²) in [4.78, 5) is 9.57. The molecule has 1 unspecified atom stereocenters. The van der Waals surface area contributed by atoms with Gasteiger partial charge in [0.2, 0.25) is 0 Å². The molecule has 0 saturated carbocycles. The number of rotatable bonds is 2. The van der Waals surface area contributed by atoms with E-state index < -0.39 is 0 Å². The lowest BCUT2D eigenvalue weighted by Crippen LogP contribution is -2.21. The van der Waals surface area contributed by atoms with Crippen LogP contribution in [0.1, 0.15) is 42.9 Å². The van der Waals surface area contributed by atoms with Crippen molar-refractivity contribution in [1.29, 1.82) is 0 Å². The molecule has 0 bridgehead atoms. The molecule has 2 fully saturated rings. The van der Waals surface area contributed by atoms with E-state index in [2.05, 4.69) is 36.0 Å². The smallest absolute Gasteiger partial charge is 0.128 e. The zero-order valence-corrected chi connectivity index (χ0v) is 11.5. The van der Waals surface area contributed by atoms with Gasteiger partial charge in [0.25, 0.3) is 0 Å². The van der Waals surface area contributed by atoms with Gasteiger partial charge in [-0.15, -0.1) is 0 Å². The van der Waals surface area contributed by atoms with Crippen molar-refractivity contribution < 1.29 is 0 Å². The summed E-state index contributed by atoms with van der Waals surface area (Å²) in [6.07, 6.45) is 7.34. The summed E-state index contributed by atoms with van der Waals surface area (Å²) in [6.45, 7) is 5.81. The second-order valence-corrected chi connectivity index (χ2v) is 5.73. The van der Waals surface area contributed by atoms with Gasteiger partial charge in [0.05, 0.1) is 0 Å². The zero-order chi connectivity index (χ0) is 12.5. The maximum Gasteiger partial charge on any atom is 0.128 e. The number of pyridine rings is 1. The largest absolute Gasteiger partial charge is 0.357 e. The number of likely N-dealkylation sites (tertiary alicyclic amines) is 1. The van der Waals surface area contributed by atoms with Crippen LogP contribution in [0.15, 0.2) is 12.3 Å².